The van der Waals surface area contributed by atoms with Gasteiger partial charge in [0.1, 0.15) is 0 Å². The van der Waals surface area contributed by atoms with Crippen molar-refractivity contribution in [3.05, 3.63) is 35.1 Å². The number of esters is 1. The molecule has 1 saturated heterocycles. The maximum Gasteiger partial charge on any atom is 0.311 e. The van der Waals surface area contributed by atoms with Crippen LogP contribution in [-0.4, -0.2) is 50.5 Å². The number of likely N-dealkylation sites (tertiary alicyclic amines) is 1. The summed E-state index contributed by atoms with van der Waals surface area (Å²) in [6, 6.07) is 4.28. The number of methoxy groups -OCH3 is 2. The molecule has 0 aromatic heterocycles. The van der Waals surface area contributed by atoms with Gasteiger partial charge in [-0.3, -0.25) is 9.59 Å². The molecule has 1 aromatic rings. The summed E-state index contributed by atoms with van der Waals surface area (Å²) in [5.41, 5.74) is 1.74. The van der Waals surface area contributed by atoms with E-state index < -0.39 is 5.41 Å². The van der Waals surface area contributed by atoms with Crippen LogP contribution in [0.1, 0.15) is 95.1 Å². The Morgan fingerprint density at radius 2 is 1.73 bits per heavy atom. The first-order chi connectivity index (χ1) is 17.9. The number of piperidine rings is 1. The number of rotatable bonds is 13. The lowest BCUT2D eigenvalue weighted by Crippen LogP contribution is -2.60. The van der Waals surface area contributed by atoms with Crippen LogP contribution in [0.25, 0.3) is 0 Å². The van der Waals surface area contributed by atoms with Gasteiger partial charge in [0.15, 0.2) is 23.0 Å². The van der Waals surface area contributed by atoms with E-state index in [1.165, 1.54) is 44.9 Å². The summed E-state index contributed by atoms with van der Waals surface area (Å²) in [5.74, 6) is 1.47. The molecule has 0 saturated carbocycles. The molecule has 3 aliphatic rings. The third kappa shape index (κ3) is 5.74. The Morgan fingerprint density at radius 3 is 2.41 bits per heavy atom. The molecular formula is C31H45NO5. The van der Waals surface area contributed by atoms with Gasteiger partial charge >= 0.3 is 5.97 Å². The van der Waals surface area contributed by atoms with Gasteiger partial charge in [-0.2, -0.15) is 0 Å². The Morgan fingerprint density at radius 1 is 1.03 bits per heavy atom. The fourth-order valence-corrected chi connectivity index (χ4v) is 6.85. The Balaban J connectivity index is 1.50. The van der Waals surface area contributed by atoms with Crippen molar-refractivity contribution in [2.24, 2.45) is 5.92 Å². The summed E-state index contributed by atoms with van der Waals surface area (Å²) < 4.78 is 17.3. The molecule has 0 amide bonds. The number of unbranched alkanes of at least 4 members (excludes halogenated alkanes) is 8. The zero-order chi connectivity index (χ0) is 26.4. The minimum Gasteiger partial charge on any atom is -0.493 e. The molecule has 0 radical (unpaired) electrons. The lowest BCUT2D eigenvalue weighted by molar-refractivity contribution is -0.134. The maximum atomic E-state index is 13.1. The number of Topliss-reactive ketones (excluding diaryl/α,β-unsaturated/α-hetero) is 1. The van der Waals surface area contributed by atoms with E-state index in [1.807, 2.05) is 12.1 Å². The molecule has 6 nitrogen and oxygen atoms in total. The summed E-state index contributed by atoms with van der Waals surface area (Å²) in [6.45, 7) is 3.14. The van der Waals surface area contributed by atoms with Gasteiger partial charge in [0, 0.05) is 35.8 Å². The summed E-state index contributed by atoms with van der Waals surface area (Å²) >= 11 is 0. The number of likely N-dealkylation sites (N-methyl/N-ethyl adjacent to an activating group) is 1. The summed E-state index contributed by atoms with van der Waals surface area (Å²) in [4.78, 5) is 28.5. The van der Waals surface area contributed by atoms with Gasteiger partial charge in [0.25, 0.3) is 0 Å². The average molecular weight is 512 g/mol. The number of allylic oxidation sites excluding steroid dienone is 1. The van der Waals surface area contributed by atoms with E-state index in [2.05, 4.69) is 24.9 Å². The highest BCUT2D eigenvalue weighted by Gasteiger charge is 2.56. The molecule has 2 aliphatic carbocycles. The van der Waals surface area contributed by atoms with E-state index in [-0.39, 0.29) is 23.7 Å². The lowest BCUT2D eigenvalue weighted by Gasteiger charge is -2.56. The number of benzene rings is 1. The van der Waals surface area contributed by atoms with Crippen LogP contribution < -0.4 is 9.47 Å². The smallest absolute Gasteiger partial charge is 0.311 e. The molecule has 4 rings (SSSR count). The van der Waals surface area contributed by atoms with Crippen molar-refractivity contribution < 1.29 is 23.8 Å². The summed E-state index contributed by atoms with van der Waals surface area (Å²) in [6.07, 6.45) is 15.3. The van der Waals surface area contributed by atoms with Crippen LogP contribution in [0.15, 0.2) is 24.0 Å². The number of nitrogens with zero attached hydrogens (tertiary/aromatic N) is 1. The third-order valence-corrected chi connectivity index (χ3v) is 8.89. The van der Waals surface area contributed by atoms with Crippen molar-refractivity contribution in [2.75, 3.05) is 27.8 Å². The molecule has 2 bridgehead atoms. The molecule has 1 fully saturated rings. The van der Waals surface area contributed by atoms with Crippen LogP contribution in [-0.2, 0) is 26.2 Å². The quantitative estimate of drug-likeness (QED) is 0.180. The predicted molar refractivity (Wildman–Crippen MR) is 145 cm³/mol. The second-order valence-corrected chi connectivity index (χ2v) is 11.2. The Bertz CT molecular complexity index is 1000. The van der Waals surface area contributed by atoms with Crippen molar-refractivity contribution in [3.8, 4) is 11.5 Å². The van der Waals surface area contributed by atoms with Crippen molar-refractivity contribution in [2.45, 2.75) is 102 Å². The molecule has 0 unspecified atom stereocenters. The molecule has 0 N–H and O–H groups in total. The van der Waals surface area contributed by atoms with E-state index in [0.717, 1.165) is 43.4 Å². The molecular weight excluding hydrogens is 466 g/mol. The number of ether oxygens (including phenoxy) is 3. The molecule has 0 spiro atoms. The second-order valence-electron chi connectivity index (χ2n) is 11.2. The molecule has 1 aromatic carbocycles. The highest BCUT2D eigenvalue weighted by Crippen LogP contribution is 2.58. The van der Waals surface area contributed by atoms with E-state index in [9.17, 15) is 9.59 Å². The van der Waals surface area contributed by atoms with Gasteiger partial charge in [-0.05, 0) is 50.6 Å². The van der Waals surface area contributed by atoms with Crippen LogP contribution in [0.4, 0.5) is 0 Å². The van der Waals surface area contributed by atoms with Gasteiger partial charge < -0.3 is 19.1 Å². The van der Waals surface area contributed by atoms with Crippen LogP contribution in [0.3, 0.4) is 0 Å². The zero-order valence-corrected chi connectivity index (χ0v) is 23.3. The van der Waals surface area contributed by atoms with Gasteiger partial charge in [-0.1, -0.05) is 64.4 Å². The third-order valence-electron chi connectivity index (χ3n) is 8.89. The van der Waals surface area contributed by atoms with Crippen LogP contribution >= 0.6 is 0 Å². The van der Waals surface area contributed by atoms with Gasteiger partial charge in [-0.25, -0.2) is 0 Å². The molecule has 1 aliphatic heterocycles. The first kappa shape index (κ1) is 27.7. The zero-order valence-electron chi connectivity index (χ0n) is 23.3. The van der Waals surface area contributed by atoms with Gasteiger partial charge in [0.2, 0.25) is 0 Å². The van der Waals surface area contributed by atoms with Gasteiger partial charge in [0.05, 0.1) is 14.2 Å². The normalized spacial score (nSPS) is 24.6. The first-order valence-electron chi connectivity index (χ1n) is 14.4. The minimum atomic E-state index is -0.411. The minimum absolute atomic E-state index is 0.0182. The van der Waals surface area contributed by atoms with Crippen LogP contribution in [0, 0.1) is 5.92 Å². The number of hydrogen-bond donors (Lipinski definition) is 0. The van der Waals surface area contributed by atoms with Gasteiger partial charge in [-0.15, -0.1) is 0 Å². The Kier molecular flexibility index (Phi) is 9.33. The molecule has 204 valence electrons. The predicted octanol–water partition coefficient (Wildman–Crippen LogP) is 6.14. The standard InChI is InChI=1S/C31H45NO5/c1-5-6-7-8-9-10-11-12-13-14-28(34)37-30-26(35-3)16-15-22-19-24-23-20-27(36-4)25(33)21-31(23,29(22)30)17-18-32(24)2/h15-16,20,23-24H,5-14,17-19,21H2,1-4H3/t23-,24+,31-/m1/s1. The molecule has 37 heavy (non-hydrogen) atoms. The van der Waals surface area contributed by atoms with Crippen molar-refractivity contribution in [3.63, 3.8) is 0 Å². The summed E-state index contributed by atoms with van der Waals surface area (Å²) in [5, 5.41) is 0. The van der Waals surface area contributed by atoms with E-state index in [4.69, 9.17) is 14.2 Å². The topological polar surface area (TPSA) is 65.1 Å². The monoisotopic (exact) mass is 511 g/mol. The molecule has 1 heterocycles. The largest absolute Gasteiger partial charge is 0.493 e. The highest BCUT2D eigenvalue weighted by atomic mass is 16.6. The van der Waals surface area contributed by atoms with Crippen LogP contribution in [0.5, 0.6) is 11.5 Å². The summed E-state index contributed by atoms with van der Waals surface area (Å²) in [7, 11) is 5.34. The van der Waals surface area contributed by atoms with E-state index >= 15 is 0 Å². The fourth-order valence-electron chi connectivity index (χ4n) is 6.85. The Hall–Kier alpha value is -2.34. The van der Waals surface area contributed by atoms with Crippen molar-refractivity contribution in [1.29, 1.82) is 0 Å². The van der Waals surface area contributed by atoms with E-state index in [0.29, 0.717) is 30.1 Å². The lowest BCUT2D eigenvalue weighted by atomic mass is 9.53. The number of fused-ring (bicyclic) bond motifs is 1. The molecule has 6 heteroatoms. The fraction of sp³-hybridized carbons (Fsp3) is 0.677. The average Bonchev–Trinajstić information content (AvgIpc) is 2.89. The van der Waals surface area contributed by atoms with Crippen molar-refractivity contribution in [1.82, 2.24) is 4.90 Å². The van der Waals surface area contributed by atoms with E-state index in [1.54, 1.807) is 14.2 Å². The number of ketones is 1. The Labute approximate surface area is 222 Å². The highest BCUT2D eigenvalue weighted by molar-refractivity contribution is 5.96. The maximum absolute atomic E-state index is 13.1. The SMILES string of the molecule is CCCCCCCCCCCC(=O)Oc1c(OC)ccc2c1[C@@]13CCN(C)[C@@H](C2)[C@H]1C=C(OC)C(=O)C3. The van der Waals surface area contributed by atoms with Crippen LogP contribution in [0.2, 0.25) is 0 Å². The number of carbonyl (C=O) groups is 2. The molecule has 3 atom stereocenters. The number of carbonyl (C=O) groups excluding carboxylic acids is 2. The second kappa shape index (κ2) is 12.5. The first-order valence-corrected chi connectivity index (χ1v) is 14.4. The number of hydrogen-bond acceptors (Lipinski definition) is 6. The van der Waals surface area contributed by atoms with Crippen molar-refractivity contribution >= 4 is 11.8 Å².